The van der Waals surface area contributed by atoms with Gasteiger partial charge in [-0.1, -0.05) is 18.2 Å². The predicted octanol–water partition coefficient (Wildman–Crippen LogP) is 1.48. The van der Waals surface area contributed by atoms with Crippen LogP contribution >= 0.6 is 0 Å². The van der Waals surface area contributed by atoms with Crippen LogP contribution < -0.4 is 10.5 Å². The van der Waals surface area contributed by atoms with Gasteiger partial charge >= 0.3 is 0 Å². The number of benzene rings is 1. The first-order valence-corrected chi connectivity index (χ1v) is 7.23. The molecular formula is C16H18N4O2. The minimum absolute atomic E-state index is 0.191. The van der Waals surface area contributed by atoms with Gasteiger partial charge in [0, 0.05) is 25.5 Å². The summed E-state index contributed by atoms with van der Waals surface area (Å²) in [5, 5.41) is 3.85. The lowest BCUT2D eigenvalue weighted by atomic mass is 10.3. The van der Waals surface area contributed by atoms with E-state index < -0.39 is 0 Å². The van der Waals surface area contributed by atoms with Crippen molar-refractivity contribution in [3.63, 3.8) is 0 Å². The van der Waals surface area contributed by atoms with Gasteiger partial charge in [0.15, 0.2) is 0 Å². The van der Waals surface area contributed by atoms with Gasteiger partial charge in [0.05, 0.1) is 24.5 Å². The molecule has 2 aromatic rings. The maximum Gasteiger partial charge on any atom is 0.272 e. The molecule has 0 spiro atoms. The van der Waals surface area contributed by atoms with Crippen molar-refractivity contribution in [1.29, 1.82) is 0 Å². The molecule has 114 valence electrons. The minimum atomic E-state index is -0.191. The van der Waals surface area contributed by atoms with Crippen LogP contribution in [-0.4, -0.2) is 42.2 Å². The molecule has 6 nitrogen and oxygen atoms in total. The number of morpholine rings is 1. The summed E-state index contributed by atoms with van der Waals surface area (Å²) in [6.45, 7) is 2.74. The molecule has 0 aliphatic carbocycles. The summed E-state index contributed by atoms with van der Waals surface area (Å²) >= 11 is 0. The van der Waals surface area contributed by atoms with E-state index in [0.717, 1.165) is 18.8 Å². The third-order valence-corrected chi connectivity index (χ3v) is 3.40. The number of aromatic nitrogens is 1. The highest BCUT2D eigenvalue weighted by atomic mass is 16.5. The van der Waals surface area contributed by atoms with E-state index in [9.17, 15) is 4.79 Å². The van der Waals surface area contributed by atoms with E-state index in [-0.39, 0.29) is 5.91 Å². The number of carbonyl (C=O) groups excluding carboxylic acids is 1. The Kier molecular flexibility index (Phi) is 4.62. The van der Waals surface area contributed by atoms with E-state index in [0.29, 0.717) is 18.8 Å². The first-order valence-electron chi connectivity index (χ1n) is 7.23. The zero-order valence-corrected chi connectivity index (χ0v) is 12.2. The Morgan fingerprint density at radius 1 is 1.14 bits per heavy atom. The van der Waals surface area contributed by atoms with E-state index >= 15 is 0 Å². The second-order valence-corrected chi connectivity index (χ2v) is 4.90. The number of nitrogens with zero attached hydrogens (tertiary/aromatic N) is 3. The van der Waals surface area contributed by atoms with Gasteiger partial charge in [-0.3, -0.25) is 9.78 Å². The number of amides is 1. The number of pyridine rings is 1. The average molecular weight is 298 g/mol. The smallest absolute Gasteiger partial charge is 0.272 e. The quantitative estimate of drug-likeness (QED) is 0.867. The Hall–Kier alpha value is -2.44. The number of para-hydroxylation sites is 1. The Bertz CT molecular complexity index is 600. The van der Waals surface area contributed by atoms with Gasteiger partial charge in [0.1, 0.15) is 0 Å². The van der Waals surface area contributed by atoms with E-state index in [1.807, 2.05) is 30.3 Å². The normalized spacial score (nSPS) is 15.3. The average Bonchev–Trinajstić information content (AvgIpc) is 2.62. The van der Waals surface area contributed by atoms with Crippen LogP contribution in [0.25, 0.3) is 0 Å². The number of carbonyl (C=O) groups is 1. The fourth-order valence-corrected chi connectivity index (χ4v) is 2.28. The molecule has 0 atom stereocenters. The fraction of sp³-hybridized carbons (Fsp3) is 0.250. The van der Waals surface area contributed by atoms with Gasteiger partial charge in [0.25, 0.3) is 5.91 Å². The van der Waals surface area contributed by atoms with Gasteiger partial charge in [0.2, 0.25) is 0 Å². The molecule has 2 heterocycles. The standard InChI is InChI=1S/C16H18N4O2/c21-16(14-5-4-8-17-13-14)18-20(15-6-2-1-3-7-15)19-9-11-22-12-10-19/h1-8,13H,9-12H2,(H,18,21). The number of anilines is 1. The largest absolute Gasteiger partial charge is 0.379 e. The van der Waals surface area contributed by atoms with Gasteiger partial charge in [-0.15, -0.1) is 0 Å². The molecule has 1 amide bonds. The highest BCUT2D eigenvalue weighted by Crippen LogP contribution is 2.15. The summed E-state index contributed by atoms with van der Waals surface area (Å²) < 4.78 is 5.38. The first kappa shape index (κ1) is 14.5. The fourth-order valence-electron chi connectivity index (χ4n) is 2.28. The zero-order chi connectivity index (χ0) is 15.2. The lowest BCUT2D eigenvalue weighted by Crippen LogP contribution is -2.57. The van der Waals surface area contributed by atoms with Crippen molar-refractivity contribution < 1.29 is 9.53 Å². The molecule has 6 heteroatoms. The van der Waals surface area contributed by atoms with Crippen LogP contribution in [0.3, 0.4) is 0 Å². The highest BCUT2D eigenvalue weighted by Gasteiger charge is 2.21. The Morgan fingerprint density at radius 3 is 2.59 bits per heavy atom. The third-order valence-electron chi connectivity index (χ3n) is 3.40. The van der Waals surface area contributed by atoms with Gasteiger partial charge in [-0.2, -0.15) is 5.01 Å². The lowest BCUT2D eigenvalue weighted by molar-refractivity contribution is 0.0248. The summed E-state index contributed by atoms with van der Waals surface area (Å²) in [6.07, 6.45) is 3.20. The molecule has 1 aromatic heterocycles. The van der Waals surface area contributed by atoms with Crippen LogP contribution in [0.2, 0.25) is 0 Å². The predicted molar refractivity (Wildman–Crippen MR) is 83.0 cm³/mol. The molecule has 1 aliphatic rings. The van der Waals surface area contributed by atoms with Crippen molar-refractivity contribution in [2.24, 2.45) is 0 Å². The molecular weight excluding hydrogens is 280 g/mol. The lowest BCUT2D eigenvalue weighted by Gasteiger charge is -2.38. The second-order valence-electron chi connectivity index (χ2n) is 4.90. The van der Waals surface area contributed by atoms with E-state index in [1.54, 1.807) is 29.6 Å². The number of nitrogens with one attached hydrogen (secondary N) is 1. The number of hydrogen-bond donors (Lipinski definition) is 1. The van der Waals surface area contributed by atoms with Crippen molar-refractivity contribution in [1.82, 2.24) is 15.4 Å². The monoisotopic (exact) mass is 298 g/mol. The summed E-state index contributed by atoms with van der Waals surface area (Å²) in [6, 6.07) is 13.2. The number of hydrogen-bond acceptors (Lipinski definition) is 5. The molecule has 1 saturated heterocycles. The molecule has 1 N–H and O–H groups in total. The molecule has 0 unspecified atom stereocenters. The third kappa shape index (κ3) is 3.41. The van der Waals surface area contributed by atoms with Crippen molar-refractivity contribution in [2.45, 2.75) is 0 Å². The summed E-state index contributed by atoms with van der Waals surface area (Å²) in [5.74, 6) is -0.191. The molecule has 22 heavy (non-hydrogen) atoms. The van der Waals surface area contributed by atoms with E-state index in [4.69, 9.17) is 4.74 Å². The molecule has 0 radical (unpaired) electrons. The van der Waals surface area contributed by atoms with E-state index in [1.165, 1.54) is 0 Å². The molecule has 0 saturated carbocycles. The minimum Gasteiger partial charge on any atom is -0.379 e. The molecule has 0 bridgehead atoms. The highest BCUT2D eigenvalue weighted by molar-refractivity contribution is 5.94. The van der Waals surface area contributed by atoms with Crippen molar-refractivity contribution in [2.75, 3.05) is 31.4 Å². The maximum atomic E-state index is 12.4. The summed E-state index contributed by atoms with van der Waals surface area (Å²) in [7, 11) is 0. The Labute approximate surface area is 129 Å². The number of rotatable bonds is 4. The van der Waals surface area contributed by atoms with E-state index in [2.05, 4.69) is 15.4 Å². The van der Waals surface area contributed by atoms with Crippen LogP contribution in [0.1, 0.15) is 10.4 Å². The van der Waals surface area contributed by atoms with Crippen molar-refractivity contribution in [3.8, 4) is 0 Å². The van der Waals surface area contributed by atoms with Crippen LogP contribution in [-0.2, 0) is 4.74 Å². The molecule has 1 aliphatic heterocycles. The number of hydrazine groups is 2. The zero-order valence-electron chi connectivity index (χ0n) is 12.2. The summed E-state index contributed by atoms with van der Waals surface area (Å²) in [5.41, 5.74) is 4.37. The van der Waals surface area contributed by atoms with Gasteiger partial charge in [-0.05, 0) is 24.3 Å². The second kappa shape index (κ2) is 7.02. The Balaban J connectivity index is 1.81. The SMILES string of the molecule is O=C(NN(c1ccccc1)N1CCOCC1)c1cccnc1. The maximum absolute atomic E-state index is 12.4. The van der Waals surface area contributed by atoms with Crippen LogP contribution in [0.15, 0.2) is 54.9 Å². The Morgan fingerprint density at radius 2 is 1.91 bits per heavy atom. The topological polar surface area (TPSA) is 57.7 Å². The van der Waals surface area contributed by atoms with Crippen LogP contribution in [0.5, 0.6) is 0 Å². The van der Waals surface area contributed by atoms with Gasteiger partial charge in [-0.25, -0.2) is 10.5 Å². The van der Waals surface area contributed by atoms with Gasteiger partial charge < -0.3 is 4.74 Å². The van der Waals surface area contributed by atoms with Crippen LogP contribution in [0.4, 0.5) is 5.69 Å². The molecule has 1 aromatic carbocycles. The van der Waals surface area contributed by atoms with Crippen molar-refractivity contribution in [3.05, 3.63) is 60.4 Å². The summed E-state index contributed by atoms with van der Waals surface area (Å²) in [4.78, 5) is 16.4. The van der Waals surface area contributed by atoms with Crippen LogP contribution in [0, 0.1) is 0 Å². The number of ether oxygens (including phenoxy) is 1. The molecule has 1 fully saturated rings. The molecule has 3 rings (SSSR count). The first-order chi connectivity index (χ1) is 10.8. The van der Waals surface area contributed by atoms with Crippen molar-refractivity contribution >= 4 is 11.6 Å².